The van der Waals surface area contributed by atoms with Gasteiger partial charge in [-0.2, -0.15) is 0 Å². The van der Waals surface area contributed by atoms with Crippen molar-refractivity contribution in [3.05, 3.63) is 59.7 Å². The maximum atomic E-state index is 12.9. The molecule has 28 heavy (non-hydrogen) atoms. The minimum Gasteiger partial charge on any atom is -0.482 e. The molecule has 2 aromatic rings. The maximum Gasteiger partial charge on any atom is 0.328 e. The fourth-order valence-corrected chi connectivity index (χ4v) is 3.24. The van der Waals surface area contributed by atoms with Crippen LogP contribution in [0.1, 0.15) is 18.1 Å². The molecule has 0 bridgehead atoms. The van der Waals surface area contributed by atoms with Crippen LogP contribution in [0, 0.1) is 0 Å². The van der Waals surface area contributed by atoms with Crippen LogP contribution in [0.15, 0.2) is 48.5 Å². The van der Waals surface area contributed by atoms with Gasteiger partial charge in [-0.05, 0) is 23.3 Å². The number of hydrogen-bond donors (Lipinski definition) is 1. The van der Waals surface area contributed by atoms with Crippen molar-refractivity contribution in [2.75, 3.05) is 19.0 Å². The molecule has 146 valence electrons. The fourth-order valence-electron chi connectivity index (χ4n) is 3.24. The van der Waals surface area contributed by atoms with E-state index in [-0.39, 0.29) is 18.4 Å². The van der Waals surface area contributed by atoms with Gasteiger partial charge in [-0.15, -0.1) is 0 Å². The third-order valence-corrected chi connectivity index (χ3v) is 4.59. The lowest BCUT2D eigenvalue weighted by Crippen LogP contribution is -2.50. The first-order valence-corrected chi connectivity index (χ1v) is 8.93. The van der Waals surface area contributed by atoms with E-state index in [9.17, 15) is 14.4 Å². The molecule has 1 heterocycles. The number of fused-ring (bicyclic) bond motifs is 1. The summed E-state index contributed by atoms with van der Waals surface area (Å²) in [6.45, 7) is 1.45. The number of para-hydroxylation sites is 2. The molecule has 1 N–H and O–H groups in total. The second kappa shape index (κ2) is 8.56. The predicted molar refractivity (Wildman–Crippen MR) is 103 cm³/mol. The summed E-state index contributed by atoms with van der Waals surface area (Å²) in [5.74, 6) is -0.636. The van der Waals surface area contributed by atoms with Crippen molar-refractivity contribution in [2.45, 2.75) is 25.9 Å². The summed E-state index contributed by atoms with van der Waals surface area (Å²) in [4.78, 5) is 37.9. The van der Waals surface area contributed by atoms with Gasteiger partial charge in [0.1, 0.15) is 11.8 Å². The Hall–Kier alpha value is -3.35. The van der Waals surface area contributed by atoms with Crippen LogP contribution in [0.2, 0.25) is 0 Å². The highest BCUT2D eigenvalue weighted by Crippen LogP contribution is 2.26. The molecular weight excluding hydrogens is 360 g/mol. The van der Waals surface area contributed by atoms with E-state index in [0.29, 0.717) is 24.4 Å². The first-order chi connectivity index (χ1) is 13.5. The highest BCUT2D eigenvalue weighted by Gasteiger charge is 2.35. The minimum absolute atomic E-state index is 0.235. The minimum atomic E-state index is -0.693. The number of hydrogen-bond acceptors (Lipinski definition) is 5. The number of benzene rings is 2. The summed E-state index contributed by atoms with van der Waals surface area (Å²) >= 11 is 0. The molecule has 0 aliphatic carbocycles. The average molecular weight is 382 g/mol. The number of ether oxygens (including phenoxy) is 2. The van der Waals surface area contributed by atoms with Gasteiger partial charge in [0, 0.05) is 19.9 Å². The molecule has 0 saturated heterocycles. The number of nitrogens with zero attached hydrogens (tertiary/aromatic N) is 1. The van der Waals surface area contributed by atoms with E-state index in [0.717, 1.165) is 11.1 Å². The van der Waals surface area contributed by atoms with Gasteiger partial charge in [-0.1, -0.05) is 36.4 Å². The van der Waals surface area contributed by atoms with Crippen LogP contribution < -0.4 is 10.1 Å². The van der Waals surface area contributed by atoms with E-state index < -0.39 is 12.0 Å². The molecule has 0 spiro atoms. The molecule has 0 aromatic heterocycles. The summed E-state index contributed by atoms with van der Waals surface area (Å²) < 4.78 is 10.5. The van der Waals surface area contributed by atoms with Crippen LogP contribution >= 0.6 is 0 Å². The molecule has 7 nitrogen and oxygen atoms in total. The molecule has 3 rings (SSSR count). The molecule has 1 atom stereocenters. The van der Waals surface area contributed by atoms with E-state index in [1.54, 1.807) is 24.3 Å². The highest BCUT2D eigenvalue weighted by atomic mass is 16.5. The van der Waals surface area contributed by atoms with Crippen LogP contribution in [0.25, 0.3) is 0 Å². The second-order valence-corrected chi connectivity index (χ2v) is 6.50. The Morgan fingerprint density at radius 1 is 1.07 bits per heavy atom. The molecule has 2 aromatic carbocycles. The maximum absolute atomic E-state index is 12.9. The van der Waals surface area contributed by atoms with Crippen LogP contribution in [-0.4, -0.2) is 42.4 Å². The Morgan fingerprint density at radius 3 is 2.46 bits per heavy atom. The van der Waals surface area contributed by atoms with Crippen molar-refractivity contribution in [3.8, 4) is 5.75 Å². The quantitative estimate of drug-likeness (QED) is 0.801. The fraction of sp³-hybridized carbons (Fsp3) is 0.286. The van der Waals surface area contributed by atoms with E-state index >= 15 is 0 Å². The van der Waals surface area contributed by atoms with Crippen molar-refractivity contribution in [3.63, 3.8) is 0 Å². The zero-order valence-corrected chi connectivity index (χ0v) is 15.8. The van der Waals surface area contributed by atoms with E-state index in [4.69, 9.17) is 9.47 Å². The number of carbonyl (C=O) groups excluding carboxylic acids is 3. The largest absolute Gasteiger partial charge is 0.482 e. The summed E-state index contributed by atoms with van der Waals surface area (Å²) in [5.41, 5.74) is 2.50. The van der Waals surface area contributed by atoms with Crippen LogP contribution in [0.3, 0.4) is 0 Å². The molecule has 2 amide bonds. The van der Waals surface area contributed by atoms with Gasteiger partial charge in [-0.3, -0.25) is 9.59 Å². The Bertz CT molecular complexity index is 896. The van der Waals surface area contributed by atoms with Gasteiger partial charge >= 0.3 is 5.97 Å². The summed E-state index contributed by atoms with van der Waals surface area (Å²) in [5, 5.41) is 2.66. The number of amides is 2. The van der Waals surface area contributed by atoms with Crippen molar-refractivity contribution in [1.82, 2.24) is 4.90 Å². The third kappa shape index (κ3) is 4.31. The highest BCUT2D eigenvalue weighted by molar-refractivity contribution is 5.90. The monoisotopic (exact) mass is 382 g/mol. The van der Waals surface area contributed by atoms with Crippen LogP contribution in [0.4, 0.5) is 5.69 Å². The van der Waals surface area contributed by atoms with Crippen LogP contribution in [-0.2, 0) is 32.1 Å². The lowest BCUT2D eigenvalue weighted by Gasteiger charge is -2.35. The Morgan fingerprint density at radius 2 is 1.75 bits per heavy atom. The molecule has 1 aliphatic heterocycles. The molecule has 1 aliphatic rings. The molecule has 0 radical (unpaired) electrons. The zero-order chi connectivity index (χ0) is 20.1. The molecule has 0 fully saturated rings. The number of nitrogens with one attached hydrogen (secondary N) is 1. The molecule has 0 unspecified atom stereocenters. The molecule has 0 saturated carbocycles. The first-order valence-electron chi connectivity index (χ1n) is 8.93. The zero-order valence-electron chi connectivity index (χ0n) is 15.8. The Labute approximate surface area is 163 Å². The van der Waals surface area contributed by atoms with Crippen LogP contribution in [0.5, 0.6) is 5.75 Å². The predicted octanol–water partition coefficient (Wildman–Crippen LogP) is 2.15. The smallest absolute Gasteiger partial charge is 0.328 e. The van der Waals surface area contributed by atoms with E-state index in [2.05, 4.69) is 5.32 Å². The summed E-state index contributed by atoms with van der Waals surface area (Å²) in [6, 6.07) is 13.9. The van der Waals surface area contributed by atoms with E-state index in [1.807, 2.05) is 24.3 Å². The first kappa shape index (κ1) is 19.4. The van der Waals surface area contributed by atoms with Gasteiger partial charge in [0.25, 0.3) is 5.91 Å². The van der Waals surface area contributed by atoms with E-state index in [1.165, 1.54) is 18.9 Å². The van der Waals surface area contributed by atoms with Crippen molar-refractivity contribution < 1.29 is 23.9 Å². The Kier molecular flexibility index (Phi) is 5.93. The number of esters is 1. The third-order valence-electron chi connectivity index (χ3n) is 4.59. The average Bonchev–Trinajstić information content (AvgIpc) is 2.71. The number of rotatable bonds is 5. The number of anilines is 1. The molecule has 7 heteroatoms. The van der Waals surface area contributed by atoms with Gasteiger partial charge in [0.05, 0.1) is 12.8 Å². The second-order valence-electron chi connectivity index (χ2n) is 6.50. The number of carbonyl (C=O) groups is 3. The van der Waals surface area contributed by atoms with Crippen molar-refractivity contribution in [2.24, 2.45) is 0 Å². The lowest BCUT2D eigenvalue weighted by molar-refractivity contribution is -0.154. The van der Waals surface area contributed by atoms with Gasteiger partial charge in [0.2, 0.25) is 5.91 Å². The summed E-state index contributed by atoms with van der Waals surface area (Å²) in [7, 11) is 1.31. The van der Waals surface area contributed by atoms with Gasteiger partial charge in [-0.25, -0.2) is 4.79 Å². The Balaban J connectivity index is 1.75. The molecular formula is C21H22N2O5. The standard InChI is InChI=1S/C21H22N2O5/c1-14(24)22-17-9-5-6-10-19(17)28-13-20(25)23-12-16-8-4-3-7-15(16)11-18(23)21(26)27-2/h3-10,18H,11-13H2,1-2H3,(H,22,24)/t18-/m0/s1. The van der Waals surface area contributed by atoms with Gasteiger partial charge in [0.15, 0.2) is 6.61 Å². The summed E-state index contributed by atoms with van der Waals surface area (Å²) in [6.07, 6.45) is 0.400. The number of methoxy groups -OCH3 is 1. The van der Waals surface area contributed by atoms with Crippen molar-refractivity contribution in [1.29, 1.82) is 0 Å². The topological polar surface area (TPSA) is 84.9 Å². The SMILES string of the molecule is COC(=O)[C@@H]1Cc2ccccc2CN1C(=O)COc1ccccc1NC(C)=O. The van der Waals surface area contributed by atoms with Gasteiger partial charge < -0.3 is 19.7 Å². The van der Waals surface area contributed by atoms with Crippen molar-refractivity contribution >= 4 is 23.5 Å². The lowest BCUT2D eigenvalue weighted by atomic mass is 9.94. The normalized spacial score (nSPS) is 15.4.